The predicted octanol–water partition coefficient (Wildman–Crippen LogP) is 0.521. The van der Waals surface area contributed by atoms with Crippen LogP contribution in [0.3, 0.4) is 0 Å². The van der Waals surface area contributed by atoms with Crippen LogP contribution in [0.4, 0.5) is 5.95 Å². The fraction of sp³-hybridized carbons (Fsp3) is 0.267. The van der Waals surface area contributed by atoms with Crippen molar-refractivity contribution in [1.29, 1.82) is 0 Å². The average Bonchev–Trinajstić information content (AvgIpc) is 3.03. The molecule has 2 aliphatic rings. The van der Waals surface area contributed by atoms with Crippen molar-refractivity contribution >= 4 is 23.6 Å². The lowest BCUT2D eigenvalue weighted by Gasteiger charge is -2.33. The second-order valence-electron chi connectivity index (χ2n) is 5.57. The second-order valence-corrected chi connectivity index (χ2v) is 5.57. The van der Waals surface area contributed by atoms with Crippen molar-refractivity contribution < 1.29 is 19.4 Å². The zero-order chi connectivity index (χ0) is 16.8. The predicted molar refractivity (Wildman–Crippen MR) is 82.0 cm³/mol. The Hall–Kier alpha value is -3.23. The zero-order valence-electron chi connectivity index (χ0n) is 12.6. The first-order valence-electron chi connectivity index (χ1n) is 7.28. The first-order valence-corrected chi connectivity index (χ1v) is 7.28. The average molecular weight is 327 g/mol. The number of phenols is 1. The third-order valence-electron chi connectivity index (χ3n) is 4.23. The lowest BCUT2D eigenvalue weighted by molar-refractivity contribution is -0.121. The van der Waals surface area contributed by atoms with E-state index in [9.17, 15) is 14.7 Å². The normalized spacial score (nSPS) is 22.3. The number of benzene rings is 1. The maximum Gasteiger partial charge on any atom is 0.248 e. The molecule has 0 radical (unpaired) electrons. The van der Waals surface area contributed by atoms with Crippen LogP contribution in [-0.4, -0.2) is 44.6 Å². The van der Waals surface area contributed by atoms with Crippen LogP contribution in [0.5, 0.6) is 11.5 Å². The van der Waals surface area contributed by atoms with E-state index in [2.05, 4.69) is 20.4 Å². The first-order chi connectivity index (χ1) is 11.6. The van der Waals surface area contributed by atoms with Crippen LogP contribution >= 0.6 is 0 Å². The van der Waals surface area contributed by atoms with Crippen molar-refractivity contribution in [2.24, 2.45) is 10.9 Å². The summed E-state index contributed by atoms with van der Waals surface area (Å²) in [5.74, 6) is -0.965. The number of carbonyl (C=O) groups excluding carboxylic acids is 2. The minimum Gasteiger partial charge on any atom is -0.504 e. The highest BCUT2D eigenvalue weighted by Crippen LogP contribution is 2.39. The first kappa shape index (κ1) is 14.4. The summed E-state index contributed by atoms with van der Waals surface area (Å²) in [6.07, 6.45) is 1.37. The molecule has 2 unspecified atom stereocenters. The molecule has 2 amide bonds. The molecule has 0 saturated heterocycles. The van der Waals surface area contributed by atoms with Gasteiger partial charge >= 0.3 is 0 Å². The lowest BCUT2D eigenvalue weighted by atomic mass is 9.79. The molecule has 1 aromatic heterocycles. The molecule has 24 heavy (non-hydrogen) atoms. The summed E-state index contributed by atoms with van der Waals surface area (Å²) < 4.78 is 6.49. The Morgan fingerprint density at radius 2 is 2.21 bits per heavy atom. The molecule has 4 rings (SSSR count). The SMILES string of the molecule is COc1cc(C2CC(=O)N=C3C2C(=O)Nc2ncnn23)ccc1O. The van der Waals surface area contributed by atoms with Gasteiger partial charge in [0.15, 0.2) is 17.3 Å². The molecule has 0 saturated carbocycles. The number of methoxy groups -OCH3 is 1. The minimum atomic E-state index is -0.675. The Morgan fingerprint density at radius 1 is 1.38 bits per heavy atom. The van der Waals surface area contributed by atoms with E-state index in [0.29, 0.717) is 5.56 Å². The molecule has 9 heteroatoms. The van der Waals surface area contributed by atoms with Crippen LogP contribution in [0.2, 0.25) is 0 Å². The molecule has 122 valence electrons. The van der Waals surface area contributed by atoms with Crippen molar-refractivity contribution in [3.8, 4) is 11.5 Å². The smallest absolute Gasteiger partial charge is 0.248 e. The number of phenolic OH excluding ortho intramolecular Hbond substituents is 1. The van der Waals surface area contributed by atoms with Crippen molar-refractivity contribution in [2.45, 2.75) is 12.3 Å². The summed E-state index contributed by atoms with van der Waals surface area (Å²) in [6.45, 7) is 0. The number of ether oxygens (including phenoxy) is 1. The van der Waals surface area contributed by atoms with Gasteiger partial charge in [0.1, 0.15) is 12.2 Å². The van der Waals surface area contributed by atoms with Crippen LogP contribution in [-0.2, 0) is 9.59 Å². The van der Waals surface area contributed by atoms with Crippen LogP contribution in [0.15, 0.2) is 29.5 Å². The fourth-order valence-electron chi connectivity index (χ4n) is 3.13. The molecule has 2 aromatic rings. The van der Waals surface area contributed by atoms with Crippen LogP contribution < -0.4 is 10.1 Å². The van der Waals surface area contributed by atoms with Crippen molar-refractivity contribution in [1.82, 2.24) is 14.8 Å². The molecular weight excluding hydrogens is 314 g/mol. The number of amides is 2. The molecule has 1 aromatic carbocycles. The number of nitrogens with one attached hydrogen (secondary N) is 1. The Labute approximate surface area is 136 Å². The zero-order valence-corrected chi connectivity index (χ0v) is 12.6. The number of aromatic nitrogens is 3. The van der Waals surface area contributed by atoms with E-state index in [1.165, 1.54) is 24.2 Å². The van der Waals surface area contributed by atoms with Gasteiger partial charge in [-0.2, -0.15) is 19.8 Å². The maximum atomic E-state index is 12.5. The molecule has 0 aliphatic carbocycles. The summed E-state index contributed by atoms with van der Waals surface area (Å²) in [4.78, 5) is 32.6. The van der Waals surface area contributed by atoms with Crippen LogP contribution in [0, 0.1) is 5.92 Å². The van der Waals surface area contributed by atoms with Gasteiger partial charge in [0.05, 0.1) is 7.11 Å². The van der Waals surface area contributed by atoms with E-state index >= 15 is 0 Å². The molecule has 3 heterocycles. The van der Waals surface area contributed by atoms with E-state index in [4.69, 9.17) is 4.74 Å². The highest BCUT2D eigenvalue weighted by Gasteiger charge is 2.44. The summed E-state index contributed by atoms with van der Waals surface area (Å²) >= 11 is 0. The number of rotatable bonds is 2. The number of aliphatic imine (C=N–C) groups is 1. The Balaban J connectivity index is 1.83. The van der Waals surface area contributed by atoms with Crippen molar-refractivity contribution in [2.75, 3.05) is 12.4 Å². The molecule has 2 N–H and O–H groups in total. The second kappa shape index (κ2) is 5.15. The Kier molecular flexibility index (Phi) is 3.08. The number of nitrogens with zero attached hydrogens (tertiary/aromatic N) is 4. The number of carbonyl (C=O) groups is 2. The quantitative estimate of drug-likeness (QED) is 0.830. The van der Waals surface area contributed by atoms with Crippen molar-refractivity contribution in [3.05, 3.63) is 30.1 Å². The Bertz CT molecular complexity index is 888. The van der Waals surface area contributed by atoms with E-state index in [-0.39, 0.29) is 41.5 Å². The Morgan fingerprint density at radius 3 is 3.00 bits per heavy atom. The van der Waals surface area contributed by atoms with Gasteiger partial charge in [-0.25, -0.2) is 0 Å². The summed E-state index contributed by atoms with van der Waals surface area (Å²) in [5, 5.41) is 16.5. The minimum absolute atomic E-state index is 0.0102. The van der Waals surface area contributed by atoms with Crippen LogP contribution in [0.1, 0.15) is 17.9 Å². The molecule has 2 atom stereocenters. The van der Waals surface area contributed by atoms with E-state index in [1.807, 2.05) is 0 Å². The molecular formula is C15H13N5O4. The van der Waals surface area contributed by atoms with Crippen LogP contribution in [0.25, 0.3) is 0 Å². The van der Waals surface area contributed by atoms with Gasteiger partial charge in [-0.05, 0) is 17.7 Å². The monoisotopic (exact) mass is 327 g/mol. The molecule has 0 fully saturated rings. The highest BCUT2D eigenvalue weighted by molar-refractivity contribution is 6.17. The third-order valence-corrected chi connectivity index (χ3v) is 4.23. The van der Waals surface area contributed by atoms with Gasteiger partial charge in [-0.3, -0.25) is 14.9 Å². The summed E-state index contributed by atoms with van der Waals surface area (Å²) in [5.41, 5.74) is 0.703. The number of aromatic hydroxyl groups is 1. The van der Waals surface area contributed by atoms with E-state index in [1.54, 1.807) is 12.1 Å². The summed E-state index contributed by atoms with van der Waals surface area (Å²) in [7, 11) is 1.44. The van der Waals surface area contributed by atoms with Gasteiger partial charge in [0.25, 0.3) is 0 Å². The lowest BCUT2D eigenvalue weighted by Crippen LogP contribution is -2.46. The highest BCUT2D eigenvalue weighted by atomic mass is 16.5. The molecule has 0 bridgehead atoms. The molecule has 0 spiro atoms. The van der Waals surface area contributed by atoms with Gasteiger partial charge in [0.2, 0.25) is 17.8 Å². The van der Waals surface area contributed by atoms with E-state index in [0.717, 1.165) is 0 Å². The topological polar surface area (TPSA) is 119 Å². The number of fused-ring (bicyclic) bond motifs is 3. The third kappa shape index (κ3) is 2.05. The number of anilines is 1. The van der Waals surface area contributed by atoms with Gasteiger partial charge in [0, 0.05) is 12.3 Å². The number of hydrogen-bond donors (Lipinski definition) is 2. The van der Waals surface area contributed by atoms with Gasteiger partial charge < -0.3 is 9.84 Å². The van der Waals surface area contributed by atoms with Crippen molar-refractivity contribution in [3.63, 3.8) is 0 Å². The fourth-order valence-corrected chi connectivity index (χ4v) is 3.13. The molecule has 2 aliphatic heterocycles. The van der Waals surface area contributed by atoms with Gasteiger partial charge in [-0.15, -0.1) is 0 Å². The maximum absolute atomic E-state index is 12.5. The summed E-state index contributed by atoms with van der Waals surface area (Å²) in [6, 6.07) is 4.77. The number of hydrogen-bond acceptors (Lipinski definition) is 6. The largest absolute Gasteiger partial charge is 0.504 e. The van der Waals surface area contributed by atoms with E-state index < -0.39 is 11.8 Å². The standard InChI is InChI=1S/C15H13N5O4/c1-24-10-4-7(2-3-9(10)21)8-5-11(22)18-13-12(8)14(23)19-15-16-6-17-20(13)15/h2-4,6,8,12,21H,5H2,1H3,(H,16,17,19,23). The molecule has 9 nitrogen and oxygen atoms in total. The van der Waals surface area contributed by atoms with Gasteiger partial charge in [-0.1, -0.05) is 6.07 Å².